The number of halogens is 1. The maximum Gasteiger partial charge on any atom is 0.227 e. The highest BCUT2D eigenvalue weighted by molar-refractivity contribution is 9.10. The van der Waals surface area contributed by atoms with Gasteiger partial charge in [0.2, 0.25) is 5.91 Å². The molecule has 0 aromatic heterocycles. The lowest BCUT2D eigenvalue weighted by atomic mass is 10.0. The summed E-state index contributed by atoms with van der Waals surface area (Å²) >= 11 is 3.35. The van der Waals surface area contributed by atoms with Crippen LogP contribution in [0, 0.1) is 0 Å². The predicted octanol–water partition coefficient (Wildman–Crippen LogP) is 3.23. The molecule has 1 unspecified atom stereocenters. The molecule has 1 N–H and O–H groups in total. The number of rotatable bonds is 5. The Morgan fingerprint density at radius 1 is 1.08 bits per heavy atom. The molecular formula is C20H20BrNO3. The second-order valence-corrected chi connectivity index (χ2v) is 7.30. The molecule has 5 heteroatoms. The van der Waals surface area contributed by atoms with Gasteiger partial charge in [-0.1, -0.05) is 58.4 Å². The summed E-state index contributed by atoms with van der Waals surface area (Å²) in [6, 6.07) is 16.5. The fourth-order valence-electron chi connectivity index (χ4n) is 3.23. The molecule has 3 rings (SSSR count). The van der Waals surface area contributed by atoms with E-state index in [4.69, 9.17) is 0 Å². The van der Waals surface area contributed by atoms with Gasteiger partial charge in [0.05, 0.1) is 12.5 Å². The lowest BCUT2D eigenvalue weighted by molar-refractivity contribution is -0.131. The number of carbonyl (C=O) groups excluding carboxylic acids is 2. The van der Waals surface area contributed by atoms with E-state index in [-0.39, 0.29) is 30.6 Å². The summed E-state index contributed by atoms with van der Waals surface area (Å²) in [4.78, 5) is 26.8. The van der Waals surface area contributed by atoms with Crippen LogP contribution in [0.5, 0.6) is 0 Å². The first kappa shape index (κ1) is 17.8. The number of hydrogen-bond acceptors (Lipinski definition) is 3. The predicted molar refractivity (Wildman–Crippen MR) is 99.4 cm³/mol. The fraction of sp³-hybridized carbons (Fsp3) is 0.300. The van der Waals surface area contributed by atoms with Crippen LogP contribution in [0.4, 0.5) is 0 Å². The maximum absolute atomic E-state index is 12.6. The Bertz CT molecular complexity index is 745. The van der Waals surface area contributed by atoms with Gasteiger partial charge in [0.15, 0.2) is 5.78 Å². The maximum atomic E-state index is 12.6. The van der Waals surface area contributed by atoms with Crippen molar-refractivity contribution in [2.75, 3.05) is 6.54 Å². The Hall–Kier alpha value is -1.98. The van der Waals surface area contributed by atoms with E-state index in [0.717, 1.165) is 10.0 Å². The van der Waals surface area contributed by atoms with Gasteiger partial charge in [-0.2, -0.15) is 0 Å². The van der Waals surface area contributed by atoms with Gasteiger partial charge < -0.3 is 10.0 Å². The van der Waals surface area contributed by atoms with Crippen molar-refractivity contribution in [3.8, 4) is 0 Å². The molecule has 25 heavy (non-hydrogen) atoms. The number of hydrogen-bond donors (Lipinski definition) is 1. The summed E-state index contributed by atoms with van der Waals surface area (Å²) in [6.45, 7) is 0.296. The average Bonchev–Trinajstić information content (AvgIpc) is 2.97. The molecule has 1 saturated heterocycles. The number of benzene rings is 2. The standard InChI is InChI=1S/C20H20BrNO3/c21-16-8-6-15(7-9-16)19(24)12-17-11-18(23)13-22(17)20(25)10-14-4-2-1-3-5-14/h1-9,17-18,23H,10-13H2/t17?,18-/m1/s1. The van der Waals surface area contributed by atoms with Gasteiger partial charge >= 0.3 is 0 Å². The molecule has 1 fully saturated rings. The molecule has 2 atom stereocenters. The molecule has 0 bridgehead atoms. The van der Waals surface area contributed by atoms with Crippen molar-refractivity contribution < 1.29 is 14.7 Å². The zero-order chi connectivity index (χ0) is 17.8. The number of aliphatic hydroxyl groups excluding tert-OH is 1. The Kier molecular flexibility index (Phi) is 5.66. The number of amides is 1. The van der Waals surface area contributed by atoms with Gasteiger partial charge in [0, 0.05) is 29.0 Å². The van der Waals surface area contributed by atoms with Crippen molar-refractivity contribution in [1.82, 2.24) is 4.90 Å². The second kappa shape index (κ2) is 7.93. The summed E-state index contributed by atoms with van der Waals surface area (Å²) < 4.78 is 0.917. The summed E-state index contributed by atoms with van der Waals surface area (Å²) in [5.74, 6) is -0.0551. The topological polar surface area (TPSA) is 57.6 Å². The average molecular weight is 402 g/mol. The third-order valence-electron chi connectivity index (χ3n) is 4.50. The van der Waals surface area contributed by atoms with Crippen molar-refractivity contribution in [2.45, 2.75) is 31.4 Å². The van der Waals surface area contributed by atoms with Crippen LogP contribution in [0.1, 0.15) is 28.8 Å². The van der Waals surface area contributed by atoms with Crippen LogP contribution in [-0.2, 0) is 11.2 Å². The molecule has 0 radical (unpaired) electrons. The Morgan fingerprint density at radius 2 is 1.76 bits per heavy atom. The molecule has 0 spiro atoms. The van der Waals surface area contributed by atoms with Crippen molar-refractivity contribution in [2.24, 2.45) is 0 Å². The molecule has 0 saturated carbocycles. The minimum Gasteiger partial charge on any atom is -0.391 e. The molecule has 1 heterocycles. The van der Waals surface area contributed by atoms with Gasteiger partial charge in [-0.25, -0.2) is 0 Å². The number of carbonyl (C=O) groups is 2. The van der Waals surface area contributed by atoms with Gasteiger partial charge in [0.25, 0.3) is 0 Å². The summed E-state index contributed by atoms with van der Waals surface area (Å²) in [7, 11) is 0. The summed E-state index contributed by atoms with van der Waals surface area (Å²) in [6.07, 6.45) is 0.404. The summed E-state index contributed by atoms with van der Waals surface area (Å²) in [5, 5.41) is 9.99. The van der Waals surface area contributed by atoms with E-state index in [1.807, 2.05) is 42.5 Å². The molecule has 2 aromatic carbocycles. The third-order valence-corrected chi connectivity index (χ3v) is 5.03. The SMILES string of the molecule is O=C(CC1C[C@@H](O)CN1C(=O)Cc1ccccc1)c1ccc(Br)cc1. The first-order valence-electron chi connectivity index (χ1n) is 8.33. The molecule has 1 aliphatic rings. The van der Waals surface area contributed by atoms with Crippen LogP contribution in [0.25, 0.3) is 0 Å². The van der Waals surface area contributed by atoms with E-state index in [9.17, 15) is 14.7 Å². The zero-order valence-electron chi connectivity index (χ0n) is 13.8. The van der Waals surface area contributed by atoms with E-state index in [2.05, 4.69) is 15.9 Å². The third kappa shape index (κ3) is 4.55. The molecule has 2 aromatic rings. The molecular weight excluding hydrogens is 382 g/mol. The minimum atomic E-state index is -0.567. The van der Waals surface area contributed by atoms with Crippen molar-refractivity contribution in [3.05, 3.63) is 70.2 Å². The normalized spacial score (nSPS) is 19.8. The van der Waals surface area contributed by atoms with E-state index >= 15 is 0 Å². The Morgan fingerprint density at radius 3 is 2.44 bits per heavy atom. The number of likely N-dealkylation sites (tertiary alicyclic amines) is 1. The van der Waals surface area contributed by atoms with Gasteiger partial charge in [-0.15, -0.1) is 0 Å². The lowest BCUT2D eigenvalue weighted by Crippen LogP contribution is -2.38. The van der Waals surface area contributed by atoms with E-state index in [1.165, 1.54) is 0 Å². The minimum absolute atomic E-state index is 0.0101. The van der Waals surface area contributed by atoms with Crippen molar-refractivity contribution >= 4 is 27.6 Å². The molecule has 130 valence electrons. The number of Topliss-reactive ketones (excluding diaryl/α,β-unsaturated/α-hetero) is 1. The number of β-amino-alcohol motifs (C(OH)–C–C–N with tert-alkyl or cyclic N) is 1. The largest absolute Gasteiger partial charge is 0.391 e. The van der Waals surface area contributed by atoms with Gasteiger partial charge in [-0.05, 0) is 24.1 Å². The highest BCUT2D eigenvalue weighted by Gasteiger charge is 2.35. The Labute approximate surface area is 155 Å². The van der Waals surface area contributed by atoms with Crippen LogP contribution in [0.15, 0.2) is 59.1 Å². The van der Waals surface area contributed by atoms with Crippen molar-refractivity contribution in [3.63, 3.8) is 0 Å². The Balaban J connectivity index is 1.67. The zero-order valence-corrected chi connectivity index (χ0v) is 15.4. The molecule has 1 aliphatic heterocycles. The van der Waals surface area contributed by atoms with Gasteiger partial charge in [0.1, 0.15) is 0 Å². The number of aliphatic hydroxyl groups is 1. The van der Waals surface area contributed by atoms with Crippen LogP contribution in [0.3, 0.4) is 0 Å². The van der Waals surface area contributed by atoms with Crippen LogP contribution in [0.2, 0.25) is 0 Å². The van der Waals surface area contributed by atoms with Gasteiger partial charge in [-0.3, -0.25) is 9.59 Å². The van der Waals surface area contributed by atoms with E-state index in [1.54, 1.807) is 17.0 Å². The highest BCUT2D eigenvalue weighted by atomic mass is 79.9. The first-order valence-corrected chi connectivity index (χ1v) is 9.12. The fourth-order valence-corrected chi connectivity index (χ4v) is 3.49. The molecule has 0 aliphatic carbocycles. The van der Waals surface area contributed by atoms with Crippen LogP contribution in [-0.4, -0.2) is 40.4 Å². The van der Waals surface area contributed by atoms with Crippen LogP contribution >= 0.6 is 15.9 Å². The quantitative estimate of drug-likeness (QED) is 0.782. The molecule has 1 amide bonds. The highest BCUT2D eigenvalue weighted by Crippen LogP contribution is 2.24. The lowest BCUT2D eigenvalue weighted by Gasteiger charge is -2.24. The smallest absolute Gasteiger partial charge is 0.227 e. The number of ketones is 1. The number of nitrogens with zero attached hydrogens (tertiary/aromatic N) is 1. The molecule has 4 nitrogen and oxygen atoms in total. The van der Waals surface area contributed by atoms with Crippen LogP contribution < -0.4 is 0 Å². The van der Waals surface area contributed by atoms with Crippen molar-refractivity contribution in [1.29, 1.82) is 0 Å². The second-order valence-electron chi connectivity index (χ2n) is 6.39. The van der Waals surface area contributed by atoms with E-state index < -0.39 is 6.10 Å². The monoisotopic (exact) mass is 401 g/mol. The summed E-state index contributed by atoms with van der Waals surface area (Å²) in [5.41, 5.74) is 1.56. The van der Waals surface area contributed by atoms with E-state index in [0.29, 0.717) is 18.5 Å². The first-order chi connectivity index (χ1) is 12.0.